The van der Waals surface area contributed by atoms with E-state index in [1.165, 1.54) is 0 Å². The fraction of sp³-hybridized carbons (Fsp3) is 0.308. The van der Waals surface area contributed by atoms with Gasteiger partial charge in [-0.05, 0) is 25.0 Å². The van der Waals surface area contributed by atoms with Crippen molar-refractivity contribution in [2.75, 3.05) is 12.3 Å². The highest BCUT2D eigenvalue weighted by Crippen LogP contribution is 2.13. The van der Waals surface area contributed by atoms with Crippen molar-refractivity contribution in [3.63, 3.8) is 0 Å². The average Bonchev–Trinajstić information content (AvgIpc) is 2.87. The second-order valence-electron chi connectivity index (χ2n) is 4.07. The van der Waals surface area contributed by atoms with E-state index in [-0.39, 0.29) is 11.7 Å². The Kier molecular flexibility index (Phi) is 4.12. The lowest BCUT2D eigenvalue weighted by Crippen LogP contribution is -2.23. The summed E-state index contributed by atoms with van der Waals surface area (Å²) >= 11 is 0. The van der Waals surface area contributed by atoms with Gasteiger partial charge in [-0.25, -0.2) is 0 Å². The highest BCUT2D eigenvalue weighted by Gasteiger charge is 2.13. The Bertz CT molecular complexity index is 565. The number of hydrogen-bond acceptors (Lipinski definition) is 5. The van der Waals surface area contributed by atoms with Crippen molar-refractivity contribution >= 4 is 11.6 Å². The standard InChI is InChI=1S/C13H16N4O2/c1-2-15-13(18)12-16-11(19-17-12)8-7-9-5-3-4-6-10(9)14/h3-6H,2,7-8,14H2,1H3,(H,15,18). The summed E-state index contributed by atoms with van der Waals surface area (Å²) in [5.41, 5.74) is 7.62. The fourth-order valence-corrected chi connectivity index (χ4v) is 1.69. The predicted molar refractivity (Wildman–Crippen MR) is 70.6 cm³/mol. The smallest absolute Gasteiger partial charge is 0.292 e. The number of carbonyl (C=O) groups is 1. The average molecular weight is 260 g/mol. The van der Waals surface area contributed by atoms with Crippen LogP contribution in [0.25, 0.3) is 0 Å². The molecule has 6 heteroatoms. The van der Waals surface area contributed by atoms with Gasteiger partial charge in [0, 0.05) is 18.7 Å². The van der Waals surface area contributed by atoms with E-state index in [1.807, 2.05) is 31.2 Å². The molecule has 1 aromatic heterocycles. The number of rotatable bonds is 5. The van der Waals surface area contributed by atoms with Crippen molar-refractivity contribution < 1.29 is 9.32 Å². The van der Waals surface area contributed by atoms with Gasteiger partial charge in [-0.1, -0.05) is 23.4 Å². The summed E-state index contributed by atoms with van der Waals surface area (Å²) in [4.78, 5) is 15.5. The quantitative estimate of drug-likeness (QED) is 0.787. The number of aromatic nitrogens is 2. The summed E-state index contributed by atoms with van der Waals surface area (Å²) in [6.45, 7) is 2.36. The van der Waals surface area contributed by atoms with Crippen LogP contribution in [0.1, 0.15) is 29.0 Å². The van der Waals surface area contributed by atoms with Gasteiger partial charge in [0.05, 0.1) is 0 Å². The molecule has 0 unspecified atom stereocenters. The van der Waals surface area contributed by atoms with Crippen molar-refractivity contribution in [3.8, 4) is 0 Å². The molecule has 1 heterocycles. The van der Waals surface area contributed by atoms with Crippen molar-refractivity contribution in [1.82, 2.24) is 15.5 Å². The molecule has 0 fully saturated rings. The molecule has 0 saturated heterocycles. The van der Waals surface area contributed by atoms with Gasteiger partial charge in [-0.15, -0.1) is 0 Å². The molecular formula is C13H16N4O2. The topological polar surface area (TPSA) is 94.0 Å². The number of aryl methyl sites for hydroxylation is 2. The molecule has 0 aliphatic heterocycles. The summed E-state index contributed by atoms with van der Waals surface area (Å²) in [7, 11) is 0. The van der Waals surface area contributed by atoms with E-state index in [0.717, 1.165) is 11.3 Å². The molecular weight excluding hydrogens is 244 g/mol. The molecule has 0 radical (unpaired) electrons. The van der Waals surface area contributed by atoms with E-state index in [1.54, 1.807) is 0 Å². The molecule has 100 valence electrons. The van der Waals surface area contributed by atoms with Crippen LogP contribution in [-0.4, -0.2) is 22.6 Å². The van der Waals surface area contributed by atoms with Crippen LogP contribution in [0.2, 0.25) is 0 Å². The zero-order valence-corrected chi connectivity index (χ0v) is 10.7. The maximum absolute atomic E-state index is 11.5. The van der Waals surface area contributed by atoms with Gasteiger partial charge in [0.15, 0.2) is 0 Å². The third kappa shape index (κ3) is 3.31. The van der Waals surface area contributed by atoms with E-state index in [4.69, 9.17) is 10.3 Å². The number of nitrogens with two attached hydrogens (primary N) is 1. The minimum atomic E-state index is -0.322. The van der Waals surface area contributed by atoms with E-state index in [9.17, 15) is 4.79 Å². The van der Waals surface area contributed by atoms with Crippen molar-refractivity contribution in [2.24, 2.45) is 0 Å². The number of carbonyl (C=O) groups excluding carboxylic acids is 1. The van der Waals surface area contributed by atoms with Crippen LogP contribution in [-0.2, 0) is 12.8 Å². The first-order valence-corrected chi connectivity index (χ1v) is 6.15. The van der Waals surface area contributed by atoms with E-state index in [0.29, 0.717) is 25.3 Å². The molecule has 0 spiro atoms. The molecule has 0 aliphatic carbocycles. The Morgan fingerprint density at radius 2 is 2.16 bits per heavy atom. The van der Waals surface area contributed by atoms with Gasteiger partial charge in [-0.3, -0.25) is 4.79 Å². The predicted octanol–water partition coefficient (Wildman–Crippen LogP) is 1.19. The summed E-state index contributed by atoms with van der Waals surface area (Å²) in [5.74, 6) is 0.180. The van der Waals surface area contributed by atoms with Gasteiger partial charge < -0.3 is 15.6 Å². The minimum absolute atomic E-state index is 0.0675. The molecule has 1 amide bonds. The lowest BCUT2D eigenvalue weighted by atomic mass is 10.1. The van der Waals surface area contributed by atoms with Crippen molar-refractivity contribution in [1.29, 1.82) is 0 Å². The molecule has 0 bridgehead atoms. The summed E-state index contributed by atoms with van der Waals surface area (Å²) < 4.78 is 5.03. The maximum atomic E-state index is 11.5. The summed E-state index contributed by atoms with van der Waals surface area (Å²) in [6.07, 6.45) is 1.25. The van der Waals surface area contributed by atoms with Gasteiger partial charge >= 0.3 is 0 Å². The maximum Gasteiger partial charge on any atom is 0.292 e. The number of hydrogen-bond donors (Lipinski definition) is 2. The van der Waals surface area contributed by atoms with Crippen LogP contribution >= 0.6 is 0 Å². The molecule has 0 saturated carbocycles. The number of amides is 1. The molecule has 0 atom stereocenters. The van der Waals surface area contributed by atoms with Crippen LogP contribution < -0.4 is 11.1 Å². The Morgan fingerprint density at radius 1 is 1.37 bits per heavy atom. The second kappa shape index (κ2) is 5.99. The Labute approximate surface area is 111 Å². The van der Waals surface area contributed by atoms with Gasteiger partial charge in [0.2, 0.25) is 5.89 Å². The molecule has 19 heavy (non-hydrogen) atoms. The van der Waals surface area contributed by atoms with Crippen LogP contribution in [0.3, 0.4) is 0 Å². The highest BCUT2D eigenvalue weighted by molar-refractivity contribution is 5.90. The Hall–Kier alpha value is -2.37. The first-order valence-electron chi connectivity index (χ1n) is 6.15. The van der Waals surface area contributed by atoms with Crippen LogP contribution in [0.15, 0.2) is 28.8 Å². The monoisotopic (exact) mass is 260 g/mol. The van der Waals surface area contributed by atoms with E-state index < -0.39 is 0 Å². The van der Waals surface area contributed by atoms with Gasteiger partial charge in [0.25, 0.3) is 11.7 Å². The number of nitrogens with one attached hydrogen (secondary N) is 1. The van der Waals surface area contributed by atoms with Crippen molar-refractivity contribution in [3.05, 3.63) is 41.5 Å². The largest absolute Gasteiger partial charge is 0.399 e. The number of anilines is 1. The number of para-hydroxylation sites is 1. The molecule has 0 aliphatic rings. The molecule has 3 N–H and O–H groups in total. The minimum Gasteiger partial charge on any atom is -0.399 e. The first kappa shape index (κ1) is 13.1. The first-order chi connectivity index (χ1) is 9.20. The SMILES string of the molecule is CCNC(=O)c1noc(CCc2ccccc2N)n1. The summed E-state index contributed by atoms with van der Waals surface area (Å²) in [6, 6.07) is 7.62. The van der Waals surface area contributed by atoms with E-state index >= 15 is 0 Å². The zero-order chi connectivity index (χ0) is 13.7. The normalized spacial score (nSPS) is 10.4. The summed E-state index contributed by atoms with van der Waals surface area (Å²) in [5, 5.41) is 6.25. The van der Waals surface area contributed by atoms with Gasteiger partial charge in [0.1, 0.15) is 0 Å². The lowest BCUT2D eigenvalue weighted by Gasteiger charge is -2.02. The highest BCUT2D eigenvalue weighted by atomic mass is 16.5. The Balaban J connectivity index is 1.97. The lowest BCUT2D eigenvalue weighted by molar-refractivity contribution is 0.0942. The third-order valence-corrected chi connectivity index (χ3v) is 2.67. The van der Waals surface area contributed by atoms with Crippen LogP contribution in [0.5, 0.6) is 0 Å². The van der Waals surface area contributed by atoms with Crippen LogP contribution in [0, 0.1) is 0 Å². The number of nitrogen functional groups attached to an aromatic ring is 1. The van der Waals surface area contributed by atoms with Crippen molar-refractivity contribution in [2.45, 2.75) is 19.8 Å². The number of benzene rings is 1. The van der Waals surface area contributed by atoms with E-state index in [2.05, 4.69) is 15.5 Å². The second-order valence-corrected chi connectivity index (χ2v) is 4.07. The van der Waals surface area contributed by atoms with Gasteiger partial charge in [-0.2, -0.15) is 4.98 Å². The molecule has 2 rings (SSSR count). The molecule has 2 aromatic rings. The fourth-order valence-electron chi connectivity index (χ4n) is 1.69. The third-order valence-electron chi connectivity index (χ3n) is 2.67. The Morgan fingerprint density at radius 3 is 2.89 bits per heavy atom. The molecule has 6 nitrogen and oxygen atoms in total. The van der Waals surface area contributed by atoms with Crippen LogP contribution in [0.4, 0.5) is 5.69 Å². The molecule has 1 aromatic carbocycles. The number of nitrogens with zero attached hydrogens (tertiary/aromatic N) is 2. The zero-order valence-electron chi connectivity index (χ0n) is 10.7.